The Balaban J connectivity index is 1.51. The van der Waals surface area contributed by atoms with Crippen molar-refractivity contribution in [3.63, 3.8) is 0 Å². The molecule has 4 rings (SSSR count). The number of benzene rings is 1. The van der Waals surface area contributed by atoms with Gasteiger partial charge in [0.2, 0.25) is 0 Å². The summed E-state index contributed by atoms with van der Waals surface area (Å²) in [4.78, 5) is 23.8. The van der Waals surface area contributed by atoms with Crippen LogP contribution in [0.2, 0.25) is 0 Å². The predicted molar refractivity (Wildman–Crippen MR) is 112 cm³/mol. The van der Waals surface area contributed by atoms with Crippen LogP contribution in [0.1, 0.15) is 29.6 Å². The van der Waals surface area contributed by atoms with E-state index in [1.807, 2.05) is 6.26 Å². The van der Waals surface area contributed by atoms with Gasteiger partial charge in [-0.3, -0.25) is 4.79 Å². The summed E-state index contributed by atoms with van der Waals surface area (Å²) in [5.74, 6) is -1.31. The van der Waals surface area contributed by atoms with Crippen LogP contribution in [-0.4, -0.2) is 51.5 Å². The minimum atomic E-state index is -0.888. The average molecular weight is 433 g/mol. The Bertz CT molecular complexity index is 1070. The van der Waals surface area contributed by atoms with Crippen LogP contribution in [0.3, 0.4) is 0 Å². The van der Waals surface area contributed by atoms with Gasteiger partial charge in [-0.15, -0.1) is 0 Å². The number of carbonyl (C=O) groups is 1. The number of hydrogen-bond acceptors (Lipinski definition) is 6. The van der Waals surface area contributed by atoms with E-state index in [1.165, 1.54) is 18.2 Å². The molecule has 0 bridgehead atoms. The fourth-order valence-corrected chi connectivity index (χ4v) is 3.92. The average Bonchev–Trinajstić information content (AvgIpc) is 3.16. The number of amides is 1. The number of nitrogens with zero attached hydrogens (tertiary/aromatic N) is 5. The Kier molecular flexibility index (Phi) is 6.12. The zero-order chi connectivity index (χ0) is 21.1. The lowest BCUT2D eigenvalue weighted by Crippen LogP contribution is -2.30. The van der Waals surface area contributed by atoms with Gasteiger partial charge in [-0.2, -0.15) is 5.10 Å². The molecule has 3 aromatic rings. The summed E-state index contributed by atoms with van der Waals surface area (Å²) in [5, 5.41) is 8.62. The summed E-state index contributed by atoms with van der Waals surface area (Å²) < 4.78 is 28.5. The molecule has 0 atom stereocenters. The molecule has 0 saturated carbocycles. The summed E-state index contributed by atoms with van der Waals surface area (Å²) in [7, 11) is 0. The molecule has 1 amide bonds. The molecule has 2 aromatic heterocycles. The largest absolute Gasteiger partial charge is 0.356 e. The maximum absolute atomic E-state index is 13.8. The van der Waals surface area contributed by atoms with Crippen LogP contribution in [0.5, 0.6) is 0 Å². The lowest BCUT2D eigenvalue weighted by molar-refractivity contribution is 0.0948. The van der Waals surface area contributed by atoms with Gasteiger partial charge in [0.25, 0.3) is 5.91 Å². The number of hydrogen-bond donors (Lipinski definition) is 1. The number of halogens is 2. The molecule has 30 heavy (non-hydrogen) atoms. The predicted octanol–water partition coefficient (Wildman–Crippen LogP) is 3.25. The van der Waals surface area contributed by atoms with Crippen LogP contribution in [0.4, 0.5) is 14.6 Å². The summed E-state index contributed by atoms with van der Waals surface area (Å²) in [6.07, 6.45) is 7.19. The first-order chi connectivity index (χ1) is 14.6. The molecule has 0 unspecified atom stereocenters. The summed E-state index contributed by atoms with van der Waals surface area (Å²) in [5.41, 5.74) is 0.512. The molecule has 1 aliphatic rings. The van der Waals surface area contributed by atoms with Gasteiger partial charge in [-0.05, 0) is 37.7 Å². The fraction of sp³-hybridized carbons (Fsp3) is 0.400. The first kappa shape index (κ1) is 20.5. The molecule has 1 saturated heterocycles. The second kappa shape index (κ2) is 8.95. The van der Waals surface area contributed by atoms with Crippen LogP contribution < -0.4 is 10.2 Å². The molecule has 3 heterocycles. The van der Waals surface area contributed by atoms with Crippen LogP contribution in [0.15, 0.2) is 29.6 Å². The number of fused-ring (bicyclic) bond motifs is 1. The van der Waals surface area contributed by atoms with Crippen LogP contribution in [-0.2, 0) is 6.54 Å². The zero-order valence-corrected chi connectivity index (χ0v) is 17.4. The van der Waals surface area contributed by atoms with E-state index in [9.17, 15) is 13.6 Å². The molecule has 1 N–H and O–H groups in total. The van der Waals surface area contributed by atoms with Crippen LogP contribution >= 0.6 is 11.8 Å². The van der Waals surface area contributed by atoms with E-state index in [0.29, 0.717) is 23.4 Å². The zero-order valence-electron chi connectivity index (χ0n) is 16.6. The minimum absolute atomic E-state index is 0.193. The highest BCUT2D eigenvalue weighted by atomic mass is 32.2. The highest BCUT2D eigenvalue weighted by molar-refractivity contribution is 7.98. The third kappa shape index (κ3) is 4.23. The number of nitrogens with one attached hydrogen (secondary N) is 1. The van der Waals surface area contributed by atoms with Crippen molar-refractivity contribution in [1.29, 1.82) is 0 Å². The maximum Gasteiger partial charge on any atom is 0.254 e. The molecule has 0 radical (unpaired) electrons. The van der Waals surface area contributed by atoms with Gasteiger partial charge in [-0.1, -0.05) is 11.8 Å². The number of carbonyl (C=O) groups excluding carboxylic acids is 1. The molecule has 158 valence electrons. The summed E-state index contributed by atoms with van der Waals surface area (Å²) >= 11 is 1.47. The van der Waals surface area contributed by atoms with Crippen LogP contribution in [0.25, 0.3) is 11.0 Å². The van der Waals surface area contributed by atoms with E-state index in [4.69, 9.17) is 4.98 Å². The monoisotopic (exact) mass is 432 g/mol. The molecular formula is C20H22F2N6OS. The smallest absolute Gasteiger partial charge is 0.254 e. The highest BCUT2D eigenvalue weighted by Crippen LogP contribution is 2.28. The van der Waals surface area contributed by atoms with Crippen molar-refractivity contribution in [2.75, 3.05) is 30.8 Å². The SMILES string of the molecule is CSc1nc(N2CCCCC2)c2cnn(CCNC(=O)c3ccc(F)cc3F)c2n1. The first-order valence-corrected chi connectivity index (χ1v) is 11.0. The van der Waals surface area contributed by atoms with Crippen molar-refractivity contribution in [3.05, 3.63) is 41.6 Å². The second-order valence-corrected chi connectivity index (χ2v) is 7.84. The Morgan fingerprint density at radius 2 is 2.00 bits per heavy atom. The number of aromatic nitrogens is 4. The Hall–Kier alpha value is -2.75. The lowest BCUT2D eigenvalue weighted by atomic mass is 10.1. The van der Waals surface area contributed by atoms with Gasteiger partial charge in [-0.25, -0.2) is 23.4 Å². The normalized spacial score (nSPS) is 14.3. The number of rotatable bonds is 6. The third-order valence-electron chi connectivity index (χ3n) is 5.08. The van der Waals surface area contributed by atoms with E-state index in [2.05, 4.69) is 20.3 Å². The van der Waals surface area contributed by atoms with Gasteiger partial charge in [0.05, 0.1) is 23.7 Å². The van der Waals surface area contributed by atoms with Gasteiger partial charge in [0, 0.05) is 25.7 Å². The van der Waals surface area contributed by atoms with Gasteiger partial charge in [0.1, 0.15) is 17.5 Å². The van der Waals surface area contributed by atoms with Crippen molar-refractivity contribution in [2.24, 2.45) is 0 Å². The van der Waals surface area contributed by atoms with Crippen molar-refractivity contribution in [1.82, 2.24) is 25.1 Å². The van der Waals surface area contributed by atoms with Crippen LogP contribution in [0, 0.1) is 11.6 Å². The van der Waals surface area contributed by atoms with Gasteiger partial charge in [0.15, 0.2) is 10.8 Å². The lowest BCUT2D eigenvalue weighted by Gasteiger charge is -2.28. The number of piperidine rings is 1. The molecular weight excluding hydrogens is 410 g/mol. The molecule has 10 heteroatoms. The number of thioether (sulfide) groups is 1. The quantitative estimate of drug-likeness (QED) is 0.476. The number of anilines is 1. The minimum Gasteiger partial charge on any atom is -0.356 e. The van der Waals surface area contributed by atoms with Crippen molar-refractivity contribution < 1.29 is 13.6 Å². The Morgan fingerprint density at radius 1 is 1.20 bits per heavy atom. The van der Waals surface area contributed by atoms with E-state index in [1.54, 1.807) is 10.9 Å². The topological polar surface area (TPSA) is 75.9 Å². The van der Waals surface area contributed by atoms with E-state index >= 15 is 0 Å². The van der Waals surface area contributed by atoms with Crippen molar-refractivity contribution in [2.45, 2.75) is 31.0 Å². The molecule has 1 aromatic carbocycles. The molecule has 1 aliphatic heterocycles. The van der Waals surface area contributed by atoms with Crippen molar-refractivity contribution >= 4 is 34.5 Å². The first-order valence-electron chi connectivity index (χ1n) is 9.82. The summed E-state index contributed by atoms with van der Waals surface area (Å²) in [6, 6.07) is 2.88. The molecule has 1 fully saturated rings. The van der Waals surface area contributed by atoms with E-state index < -0.39 is 17.5 Å². The third-order valence-corrected chi connectivity index (χ3v) is 5.63. The molecule has 7 nitrogen and oxygen atoms in total. The standard InChI is InChI=1S/C20H22F2N6OS/c1-30-20-25-17(27-8-3-2-4-9-27)15-12-24-28(18(15)26-20)10-7-23-19(29)14-6-5-13(21)11-16(14)22/h5-6,11-12H,2-4,7-10H2,1H3,(H,23,29). The maximum atomic E-state index is 13.8. The second-order valence-electron chi connectivity index (χ2n) is 7.07. The van der Waals surface area contributed by atoms with Gasteiger partial charge < -0.3 is 10.2 Å². The molecule has 0 aliphatic carbocycles. The highest BCUT2D eigenvalue weighted by Gasteiger charge is 2.20. The van der Waals surface area contributed by atoms with E-state index in [0.717, 1.165) is 49.3 Å². The molecule has 0 spiro atoms. The Morgan fingerprint density at radius 3 is 2.73 bits per heavy atom. The van der Waals surface area contributed by atoms with Crippen molar-refractivity contribution in [3.8, 4) is 0 Å². The van der Waals surface area contributed by atoms with Gasteiger partial charge >= 0.3 is 0 Å². The Labute approximate surface area is 176 Å². The fourth-order valence-electron chi connectivity index (χ4n) is 3.57. The van der Waals surface area contributed by atoms with E-state index in [-0.39, 0.29) is 12.1 Å². The summed E-state index contributed by atoms with van der Waals surface area (Å²) in [6.45, 7) is 2.52.